The topological polar surface area (TPSA) is 73.5 Å². The number of aromatic nitrogens is 2. The molecule has 0 fully saturated rings. The largest absolute Gasteiger partial charge is 0.418 e. The standard InChI is InChI=1S/C16H12ClF6NO2.C15H10ClF6NO2/c1-3-24-13(12-10(19)4-7(18)5-11(12)20)8(6-9(17)15(24)25)14(26-2)16(21,22)23;1-2-23-12(11-9(18)3-6(17)4-10(11)19)7(5-8(16)14(23)25)13(24)15(20,21)22/h4-6,14H,3H2,1-2H3;3-5,13,24H,2H2,1H3. The van der Waals surface area contributed by atoms with Crippen LogP contribution in [0.3, 0.4) is 0 Å². The second kappa shape index (κ2) is 15.7. The fourth-order valence-corrected chi connectivity index (χ4v) is 5.47. The van der Waals surface area contributed by atoms with E-state index in [-0.39, 0.29) is 25.2 Å². The molecule has 0 saturated carbocycles. The third-order valence-corrected chi connectivity index (χ3v) is 7.63. The summed E-state index contributed by atoms with van der Waals surface area (Å²) in [4.78, 5) is 24.2. The van der Waals surface area contributed by atoms with E-state index in [9.17, 15) is 67.4 Å². The summed E-state index contributed by atoms with van der Waals surface area (Å²) in [6, 6.07) is 2.25. The van der Waals surface area contributed by atoms with Gasteiger partial charge in [0.2, 0.25) is 0 Å². The van der Waals surface area contributed by atoms with E-state index in [1.54, 1.807) is 0 Å². The Labute approximate surface area is 289 Å². The number of benzene rings is 2. The quantitative estimate of drug-likeness (QED) is 0.190. The van der Waals surface area contributed by atoms with E-state index >= 15 is 0 Å². The molecule has 0 bridgehead atoms. The van der Waals surface area contributed by atoms with Gasteiger partial charge in [-0.15, -0.1) is 0 Å². The van der Waals surface area contributed by atoms with E-state index in [1.165, 1.54) is 13.8 Å². The zero-order chi connectivity index (χ0) is 38.9. The predicted octanol–water partition coefficient (Wildman–Crippen LogP) is 9.06. The maximum Gasteiger partial charge on any atom is 0.418 e. The Morgan fingerprint density at radius 2 is 0.980 bits per heavy atom. The van der Waals surface area contributed by atoms with Crippen LogP contribution < -0.4 is 11.1 Å². The van der Waals surface area contributed by atoms with Gasteiger partial charge in [-0.25, -0.2) is 26.3 Å². The van der Waals surface area contributed by atoms with Crippen molar-refractivity contribution in [1.82, 2.24) is 9.13 Å². The van der Waals surface area contributed by atoms with Gasteiger partial charge in [0, 0.05) is 55.6 Å². The molecule has 2 heterocycles. The molecule has 4 aromatic rings. The molecule has 0 radical (unpaired) electrons. The number of pyridine rings is 2. The molecule has 278 valence electrons. The highest BCUT2D eigenvalue weighted by Gasteiger charge is 2.44. The van der Waals surface area contributed by atoms with Gasteiger partial charge in [-0.05, 0) is 26.0 Å². The Balaban J connectivity index is 0.000000276. The van der Waals surface area contributed by atoms with Crippen molar-refractivity contribution in [2.24, 2.45) is 0 Å². The molecule has 0 aliphatic rings. The molecular weight excluding hydrogens is 763 g/mol. The second-order valence-electron chi connectivity index (χ2n) is 10.3. The van der Waals surface area contributed by atoms with Crippen LogP contribution in [0.5, 0.6) is 0 Å². The number of nitrogens with zero attached hydrogens (tertiary/aromatic N) is 2. The second-order valence-corrected chi connectivity index (χ2v) is 11.1. The van der Waals surface area contributed by atoms with Gasteiger partial charge in [0.25, 0.3) is 11.1 Å². The summed E-state index contributed by atoms with van der Waals surface area (Å²) in [5.74, 6) is -8.55. The number of halogens is 14. The van der Waals surface area contributed by atoms with Crippen molar-refractivity contribution in [2.75, 3.05) is 7.11 Å². The van der Waals surface area contributed by atoms with Crippen LogP contribution in [0.15, 0.2) is 46.0 Å². The summed E-state index contributed by atoms with van der Waals surface area (Å²) in [5, 5.41) is 8.30. The Hall–Kier alpha value is -4.00. The first-order valence-corrected chi connectivity index (χ1v) is 14.8. The molecular formula is C31H22Cl2F12N2O4. The Morgan fingerprint density at radius 1 is 0.647 bits per heavy atom. The summed E-state index contributed by atoms with van der Waals surface area (Å²) in [5.41, 5.74) is -7.40. The van der Waals surface area contributed by atoms with Crippen LogP contribution in [0.4, 0.5) is 52.7 Å². The normalized spacial score (nSPS) is 13.1. The average molecular weight is 785 g/mol. The highest BCUT2D eigenvalue weighted by atomic mass is 35.5. The first kappa shape index (κ1) is 41.4. The van der Waals surface area contributed by atoms with Gasteiger partial charge in [0.15, 0.2) is 12.2 Å². The van der Waals surface area contributed by atoms with Crippen LogP contribution in [0, 0.1) is 34.9 Å². The summed E-state index contributed by atoms with van der Waals surface area (Å²) in [6.45, 7) is 2.15. The number of alkyl halides is 6. The van der Waals surface area contributed by atoms with Crippen LogP contribution in [-0.4, -0.2) is 33.7 Å². The van der Waals surface area contributed by atoms with Crippen LogP contribution >= 0.6 is 23.2 Å². The fraction of sp³-hybridized carbons (Fsp3) is 0.290. The van der Waals surface area contributed by atoms with Gasteiger partial charge < -0.3 is 19.0 Å². The molecule has 0 spiro atoms. The van der Waals surface area contributed by atoms with Crippen LogP contribution in [0.2, 0.25) is 10.0 Å². The molecule has 0 amide bonds. The van der Waals surface area contributed by atoms with Gasteiger partial charge in [0.1, 0.15) is 44.9 Å². The molecule has 6 nitrogen and oxygen atoms in total. The predicted molar refractivity (Wildman–Crippen MR) is 160 cm³/mol. The zero-order valence-electron chi connectivity index (χ0n) is 25.9. The molecule has 2 atom stereocenters. The first-order chi connectivity index (χ1) is 23.5. The highest BCUT2D eigenvalue weighted by molar-refractivity contribution is 6.30. The molecule has 2 aromatic heterocycles. The minimum Gasteiger partial charge on any atom is -0.379 e. The number of rotatable bonds is 7. The maximum atomic E-state index is 14.2. The van der Waals surface area contributed by atoms with E-state index in [0.29, 0.717) is 33.4 Å². The number of aliphatic hydroxyl groups is 1. The SMILES string of the molecule is CCn1c(-c2c(F)cc(F)cc2F)c(C(O)C(F)(F)F)cc(Cl)c1=O.CCn1c(-c2c(F)cc(F)cc2F)c(C(OC)C(F)(F)F)cc(Cl)c1=O. The molecule has 0 saturated heterocycles. The molecule has 0 aliphatic heterocycles. The lowest BCUT2D eigenvalue weighted by Gasteiger charge is -2.25. The van der Waals surface area contributed by atoms with Crippen molar-refractivity contribution in [3.63, 3.8) is 0 Å². The van der Waals surface area contributed by atoms with Gasteiger partial charge in [-0.1, -0.05) is 23.2 Å². The van der Waals surface area contributed by atoms with Crippen LogP contribution in [0.1, 0.15) is 37.2 Å². The smallest absolute Gasteiger partial charge is 0.379 e. The molecule has 4 rings (SSSR count). The zero-order valence-corrected chi connectivity index (χ0v) is 27.4. The maximum absolute atomic E-state index is 14.2. The lowest BCUT2D eigenvalue weighted by atomic mass is 9.99. The lowest BCUT2D eigenvalue weighted by Crippen LogP contribution is -2.29. The van der Waals surface area contributed by atoms with Crippen LogP contribution in [-0.2, 0) is 17.8 Å². The van der Waals surface area contributed by atoms with Crippen molar-refractivity contribution in [2.45, 2.75) is 51.5 Å². The van der Waals surface area contributed by atoms with Crippen molar-refractivity contribution in [3.05, 3.63) is 113 Å². The summed E-state index contributed by atoms with van der Waals surface area (Å²) >= 11 is 11.3. The molecule has 20 heteroatoms. The third kappa shape index (κ3) is 8.56. The number of methoxy groups -OCH3 is 1. The van der Waals surface area contributed by atoms with E-state index in [2.05, 4.69) is 4.74 Å². The minimum absolute atomic E-state index is 0.244. The molecule has 51 heavy (non-hydrogen) atoms. The van der Waals surface area contributed by atoms with Crippen LogP contribution in [0.25, 0.3) is 22.5 Å². The van der Waals surface area contributed by atoms with E-state index in [4.69, 9.17) is 23.2 Å². The Kier molecular flexibility index (Phi) is 12.8. The first-order valence-electron chi connectivity index (χ1n) is 14.0. The van der Waals surface area contributed by atoms with E-state index < -0.39 is 114 Å². The Bertz CT molecular complexity index is 2020. The van der Waals surface area contributed by atoms with Gasteiger partial charge >= 0.3 is 12.4 Å². The fourth-order valence-electron chi connectivity index (χ4n) is 5.03. The van der Waals surface area contributed by atoms with Gasteiger partial charge in [-0.2, -0.15) is 26.3 Å². The minimum atomic E-state index is -5.19. The highest BCUT2D eigenvalue weighted by Crippen LogP contribution is 2.42. The van der Waals surface area contributed by atoms with Gasteiger partial charge in [0.05, 0.1) is 22.5 Å². The third-order valence-electron chi connectivity index (χ3n) is 7.09. The monoisotopic (exact) mass is 784 g/mol. The molecule has 2 unspecified atom stereocenters. The Morgan fingerprint density at radius 3 is 1.27 bits per heavy atom. The summed E-state index contributed by atoms with van der Waals surface area (Å²) in [6.07, 6.45) is -15.9. The number of hydrogen-bond acceptors (Lipinski definition) is 4. The average Bonchev–Trinajstić information content (AvgIpc) is 2.99. The van der Waals surface area contributed by atoms with Crippen molar-refractivity contribution < 1.29 is 62.5 Å². The lowest BCUT2D eigenvalue weighted by molar-refractivity contribution is -0.215. The number of ether oxygens (including phenoxy) is 1. The summed E-state index contributed by atoms with van der Waals surface area (Å²) in [7, 11) is 0.745. The van der Waals surface area contributed by atoms with E-state index in [0.717, 1.165) is 7.11 Å². The summed E-state index contributed by atoms with van der Waals surface area (Å²) < 4.78 is 167. The van der Waals surface area contributed by atoms with E-state index in [1.807, 2.05) is 0 Å². The molecule has 0 aliphatic carbocycles. The van der Waals surface area contributed by atoms with Crippen molar-refractivity contribution >= 4 is 23.2 Å². The van der Waals surface area contributed by atoms with Crippen molar-refractivity contribution in [3.8, 4) is 22.5 Å². The number of hydrogen-bond donors (Lipinski definition) is 1. The van der Waals surface area contributed by atoms with Gasteiger partial charge in [-0.3, -0.25) is 9.59 Å². The molecule has 1 N–H and O–H groups in total. The molecule has 2 aromatic carbocycles. The van der Waals surface area contributed by atoms with Crippen molar-refractivity contribution in [1.29, 1.82) is 0 Å². The number of aliphatic hydroxyl groups excluding tert-OH is 1.